The summed E-state index contributed by atoms with van der Waals surface area (Å²) in [6.45, 7) is 3.69. The first-order chi connectivity index (χ1) is 9.30. The summed E-state index contributed by atoms with van der Waals surface area (Å²) in [6, 6.07) is -0.732. The van der Waals surface area contributed by atoms with E-state index in [0.717, 1.165) is 0 Å². The Labute approximate surface area is 118 Å². The minimum atomic E-state index is -3.73. The van der Waals surface area contributed by atoms with Gasteiger partial charge in [-0.15, -0.1) is 0 Å². The predicted octanol–water partition coefficient (Wildman–Crippen LogP) is 0.363. The fourth-order valence-electron chi connectivity index (χ4n) is 2.64. The lowest BCUT2D eigenvalue weighted by molar-refractivity contribution is -0.144. The Kier molecular flexibility index (Phi) is 3.88. The Morgan fingerprint density at radius 3 is 2.55 bits per heavy atom. The number of rotatable bonds is 3. The molecule has 1 atom stereocenters. The van der Waals surface area contributed by atoms with Crippen LogP contribution in [0.4, 0.5) is 0 Å². The second-order valence-electron chi connectivity index (χ2n) is 4.92. The van der Waals surface area contributed by atoms with Crippen molar-refractivity contribution in [1.29, 1.82) is 0 Å². The molecule has 1 aromatic rings. The van der Waals surface area contributed by atoms with Gasteiger partial charge >= 0.3 is 5.97 Å². The molecule has 0 saturated carbocycles. The van der Waals surface area contributed by atoms with E-state index in [2.05, 4.69) is 5.10 Å². The second kappa shape index (κ2) is 5.17. The number of ether oxygens (including phenoxy) is 1. The maximum Gasteiger partial charge on any atom is 0.324 e. The van der Waals surface area contributed by atoms with Crippen LogP contribution in [-0.4, -0.2) is 48.2 Å². The fourth-order valence-corrected chi connectivity index (χ4v) is 4.69. The Hall–Kier alpha value is -1.41. The molecule has 1 aliphatic heterocycles. The lowest BCUT2D eigenvalue weighted by Gasteiger charge is -2.22. The van der Waals surface area contributed by atoms with Crippen molar-refractivity contribution < 1.29 is 17.9 Å². The highest BCUT2D eigenvalue weighted by Gasteiger charge is 2.42. The molecule has 2 heterocycles. The molecule has 0 radical (unpaired) electrons. The summed E-state index contributed by atoms with van der Waals surface area (Å²) in [6.07, 6.45) is 1.14. The molecule has 0 spiro atoms. The van der Waals surface area contributed by atoms with Crippen LogP contribution in [0.3, 0.4) is 0 Å². The van der Waals surface area contributed by atoms with E-state index >= 15 is 0 Å². The third-order valence-electron chi connectivity index (χ3n) is 3.69. The maximum absolute atomic E-state index is 12.8. The molecule has 7 nitrogen and oxygen atoms in total. The molecule has 8 heteroatoms. The molecule has 1 unspecified atom stereocenters. The van der Waals surface area contributed by atoms with E-state index in [1.165, 1.54) is 16.1 Å². The second-order valence-corrected chi connectivity index (χ2v) is 6.75. The predicted molar refractivity (Wildman–Crippen MR) is 71.6 cm³/mol. The molecule has 0 amide bonds. The largest absolute Gasteiger partial charge is 0.468 e. The Morgan fingerprint density at radius 1 is 1.40 bits per heavy atom. The quantitative estimate of drug-likeness (QED) is 0.753. The normalized spacial score (nSPS) is 20.3. The molecule has 0 aromatic carbocycles. The number of carbonyl (C=O) groups is 1. The molecule has 1 aliphatic rings. The molecular formula is C12H19N3O4S. The van der Waals surface area contributed by atoms with Crippen molar-refractivity contribution in [3.8, 4) is 0 Å². The highest BCUT2D eigenvalue weighted by Crippen LogP contribution is 2.29. The van der Waals surface area contributed by atoms with E-state index < -0.39 is 22.0 Å². The first-order valence-corrected chi connectivity index (χ1v) is 7.84. The number of carbonyl (C=O) groups excluding carboxylic acids is 1. The van der Waals surface area contributed by atoms with Gasteiger partial charge in [0.25, 0.3) is 0 Å². The fraction of sp³-hybridized carbons (Fsp3) is 0.667. The van der Waals surface area contributed by atoms with Crippen LogP contribution in [0.25, 0.3) is 0 Å². The third kappa shape index (κ3) is 2.22. The van der Waals surface area contributed by atoms with Crippen LogP contribution in [0.1, 0.15) is 24.2 Å². The Balaban J connectivity index is 2.47. The van der Waals surface area contributed by atoms with Gasteiger partial charge in [0.2, 0.25) is 10.0 Å². The van der Waals surface area contributed by atoms with Crippen molar-refractivity contribution in [3.05, 3.63) is 11.4 Å². The lowest BCUT2D eigenvalue weighted by Crippen LogP contribution is -2.41. The summed E-state index contributed by atoms with van der Waals surface area (Å²) in [5, 5.41) is 4.13. The van der Waals surface area contributed by atoms with Crippen molar-refractivity contribution in [3.63, 3.8) is 0 Å². The van der Waals surface area contributed by atoms with Crippen molar-refractivity contribution in [2.45, 2.75) is 37.6 Å². The van der Waals surface area contributed by atoms with Gasteiger partial charge in [0.05, 0.1) is 18.5 Å². The van der Waals surface area contributed by atoms with Gasteiger partial charge in [-0.2, -0.15) is 9.40 Å². The summed E-state index contributed by atoms with van der Waals surface area (Å²) in [5.74, 6) is -0.509. The molecule has 1 aromatic heterocycles. The first kappa shape index (κ1) is 15.0. The number of sulfonamides is 1. The summed E-state index contributed by atoms with van der Waals surface area (Å²) in [5.41, 5.74) is 1.01. The van der Waals surface area contributed by atoms with Crippen LogP contribution in [0.2, 0.25) is 0 Å². The Morgan fingerprint density at radius 2 is 2.05 bits per heavy atom. The van der Waals surface area contributed by atoms with E-state index in [-0.39, 0.29) is 4.90 Å². The van der Waals surface area contributed by atoms with E-state index in [9.17, 15) is 13.2 Å². The van der Waals surface area contributed by atoms with E-state index in [4.69, 9.17) is 4.74 Å². The van der Waals surface area contributed by atoms with Gasteiger partial charge in [0.1, 0.15) is 10.9 Å². The molecular weight excluding hydrogens is 282 g/mol. The van der Waals surface area contributed by atoms with Crippen molar-refractivity contribution in [1.82, 2.24) is 14.1 Å². The van der Waals surface area contributed by atoms with E-state index in [0.29, 0.717) is 30.8 Å². The third-order valence-corrected chi connectivity index (χ3v) is 5.85. The number of esters is 1. The summed E-state index contributed by atoms with van der Waals surface area (Å²) < 4.78 is 33.0. The van der Waals surface area contributed by atoms with Crippen LogP contribution in [0, 0.1) is 13.8 Å². The number of nitrogens with zero attached hydrogens (tertiary/aromatic N) is 3. The number of hydrogen-bond acceptors (Lipinski definition) is 5. The van der Waals surface area contributed by atoms with Gasteiger partial charge in [0.15, 0.2) is 0 Å². The summed E-state index contributed by atoms with van der Waals surface area (Å²) in [4.78, 5) is 11.9. The zero-order chi connectivity index (χ0) is 15.1. The monoisotopic (exact) mass is 301 g/mol. The minimum Gasteiger partial charge on any atom is -0.468 e. The van der Waals surface area contributed by atoms with Gasteiger partial charge in [-0.1, -0.05) is 0 Å². The highest BCUT2D eigenvalue weighted by atomic mass is 32.2. The van der Waals surface area contributed by atoms with Crippen molar-refractivity contribution >= 4 is 16.0 Å². The first-order valence-electron chi connectivity index (χ1n) is 6.40. The smallest absolute Gasteiger partial charge is 0.324 e. The van der Waals surface area contributed by atoms with Crippen LogP contribution in [-0.2, 0) is 26.6 Å². The molecule has 2 rings (SSSR count). The van der Waals surface area contributed by atoms with Gasteiger partial charge in [-0.25, -0.2) is 8.42 Å². The average Bonchev–Trinajstić information content (AvgIpc) is 2.95. The number of methoxy groups -OCH3 is 1. The van der Waals surface area contributed by atoms with Gasteiger partial charge in [-0.05, 0) is 26.7 Å². The lowest BCUT2D eigenvalue weighted by atomic mass is 10.2. The average molecular weight is 301 g/mol. The van der Waals surface area contributed by atoms with Crippen LogP contribution >= 0.6 is 0 Å². The van der Waals surface area contributed by atoms with E-state index in [1.54, 1.807) is 20.9 Å². The van der Waals surface area contributed by atoms with E-state index in [1.807, 2.05) is 0 Å². The topological polar surface area (TPSA) is 81.5 Å². The summed E-state index contributed by atoms with van der Waals surface area (Å²) >= 11 is 0. The molecule has 0 N–H and O–H groups in total. The molecule has 1 saturated heterocycles. The van der Waals surface area contributed by atoms with Gasteiger partial charge in [-0.3, -0.25) is 9.48 Å². The maximum atomic E-state index is 12.8. The Bertz CT molecular complexity index is 635. The van der Waals surface area contributed by atoms with Crippen molar-refractivity contribution in [2.75, 3.05) is 13.7 Å². The summed E-state index contributed by atoms with van der Waals surface area (Å²) in [7, 11) is -0.767. The number of aromatic nitrogens is 2. The molecule has 0 bridgehead atoms. The van der Waals surface area contributed by atoms with Gasteiger partial charge < -0.3 is 4.74 Å². The van der Waals surface area contributed by atoms with Gasteiger partial charge in [0, 0.05) is 13.6 Å². The number of aryl methyl sites for hydroxylation is 2. The SMILES string of the molecule is COC(=O)C1CCCN1S(=O)(=O)c1c(C)nn(C)c1C. The molecule has 1 fully saturated rings. The zero-order valence-corrected chi connectivity index (χ0v) is 12.9. The molecule has 0 aliphatic carbocycles. The molecule has 20 heavy (non-hydrogen) atoms. The minimum absolute atomic E-state index is 0.191. The standard InChI is InChI=1S/C12H19N3O4S/c1-8-11(9(2)14(3)13-8)20(17,18)15-7-5-6-10(15)12(16)19-4/h10H,5-7H2,1-4H3. The van der Waals surface area contributed by atoms with Crippen LogP contribution in [0.15, 0.2) is 4.90 Å². The zero-order valence-electron chi connectivity index (χ0n) is 12.1. The highest BCUT2D eigenvalue weighted by molar-refractivity contribution is 7.89. The molecule has 112 valence electrons. The number of hydrogen-bond donors (Lipinski definition) is 0. The van der Waals surface area contributed by atoms with Crippen molar-refractivity contribution in [2.24, 2.45) is 7.05 Å². The van der Waals surface area contributed by atoms with Crippen LogP contribution in [0.5, 0.6) is 0 Å². The van der Waals surface area contributed by atoms with Crippen LogP contribution < -0.4 is 0 Å².